The summed E-state index contributed by atoms with van der Waals surface area (Å²) in [6.45, 7) is 8.28. The molecule has 0 unspecified atom stereocenters. The van der Waals surface area contributed by atoms with Crippen molar-refractivity contribution in [2.24, 2.45) is 0 Å². The molecule has 70 valence electrons. The zero-order valence-corrected chi connectivity index (χ0v) is 9.05. The number of rotatable bonds is 2. The van der Waals surface area contributed by atoms with Gasteiger partial charge >= 0.3 is 0 Å². The van der Waals surface area contributed by atoms with Gasteiger partial charge in [0.15, 0.2) is 0 Å². The van der Waals surface area contributed by atoms with E-state index >= 15 is 0 Å². The SMILES string of the molecule is CCC1(CC)SC(C)(C)NC1=O. The standard InChI is InChI=1S/C9H17NOS/c1-5-9(6-2)7(11)10-8(3,4)12-9/h5-6H2,1-4H3,(H,10,11). The lowest BCUT2D eigenvalue weighted by atomic mass is 10.0. The minimum Gasteiger partial charge on any atom is -0.341 e. The number of carbonyl (C=O) groups excluding carboxylic acids is 1. The van der Waals surface area contributed by atoms with Crippen LogP contribution in [0.5, 0.6) is 0 Å². The summed E-state index contributed by atoms with van der Waals surface area (Å²) in [4.78, 5) is 11.6. The highest BCUT2D eigenvalue weighted by Gasteiger charge is 2.48. The Labute approximate surface area is 78.5 Å². The molecule has 0 aromatic carbocycles. The minimum absolute atomic E-state index is 0.0803. The molecule has 0 aromatic rings. The van der Waals surface area contributed by atoms with E-state index in [1.54, 1.807) is 11.8 Å². The van der Waals surface area contributed by atoms with E-state index in [1.165, 1.54) is 0 Å². The Morgan fingerprint density at radius 3 is 2.00 bits per heavy atom. The second kappa shape index (κ2) is 2.95. The number of thioether (sulfide) groups is 1. The van der Waals surface area contributed by atoms with Crippen molar-refractivity contribution in [2.45, 2.75) is 50.2 Å². The minimum atomic E-state index is -0.163. The van der Waals surface area contributed by atoms with E-state index in [1.807, 2.05) is 0 Å². The van der Waals surface area contributed by atoms with Crippen molar-refractivity contribution in [2.75, 3.05) is 0 Å². The zero-order valence-electron chi connectivity index (χ0n) is 8.23. The van der Waals surface area contributed by atoms with E-state index in [0.29, 0.717) is 0 Å². The van der Waals surface area contributed by atoms with Crippen LogP contribution in [0.3, 0.4) is 0 Å². The van der Waals surface area contributed by atoms with Crippen molar-refractivity contribution in [1.29, 1.82) is 0 Å². The summed E-state index contributed by atoms with van der Waals surface area (Å²) >= 11 is 1.76. The highest BCUT2D eigenvalue weighted by atomic mass is 32.2. The molecule has 0 atom stereocenters. The summed E-state index contributed by atoms with van der Waals surface area (Å²) in [5, 5.41) is 3.01. The Hall–Kier alpha value is -0.180. The first kappa shape index (κ1) is 9.90. The third kappa shape index (κ3) is 1.47. The lowest BCUT2D eigenvalue weighted by molar-refractivity contribution is -0.123. The van der Waals surface area contributed by atoms with Crippen molar-refractivity contribution in [1.82, 2.24) is 5.32 Å². The molecule has 0 radical (unpaired) electrons. The van der Waals surface area contributed by atoms with E-state index < -0.39 is 0 Å². The highest BCUT2D eigenvalue weighted by molar-refractivity contribution is 8.03. The highest BCUT2D eigenvalue weighted by Crippen LogP contribution is 2.45. The molecule has 1 N–H and O–H groups in total. The Morgan fingerprint density at radius 2 is 1.83 bits per heavy atom. The van der Waals surface area contributed by atoms with E-state index in [2.05, 4.69) is 33.0 Å². The summed E-state index contributed by atoms with van der Waals surface area (Å²) < 4.78 is -0.163. The van der Waals surface area contributed by atoms with Crippen LogP contribution in [0.25, 0.3) is 0 Å². The van der Waals surface area contributed by atoms with Gasteiger partial charge in [0.2, 0.25) is 5.91 Å². The molecule has 1 heterocycles. The first-order valence-electron chi connectivity index (χ1n) is 4.48. The Balaban J connectivity index is 2.86. The Bertz CT molecular complexity index is 197. The largest absolute Gasteiger partial charge is 0.341 e. The monoisotopic (exact) mass is 187 g/mol. The average molecular weight is 187 g/mol. The molecule has 0 aromatic heterocycles. The molecule has 1 fully saturated rings. The predicted octanol–water partition coefficient (Wildman–Crippen LogP) is 2.14. The maximum Gasteiger partial charge on any atom is 0.237 e. The number of hydrogen-bond acceptors (Lipinski definition) is 2. The number of carbonyl (C=O) groups is 1. The molecule has 0 spiro atoms. The quantitative estimate of drug-likeness (QED) is 0.717. The lowest BCUT2D eigenvalue weighted by Crippen LogP contribution is -2.38. The van der Waals surface area contributed by atoms with Gasteiger partial charge in [-0.1, -0.05) is 13.8 Å². The van der Waals surface area contributed by atoms with Gasteiger partial charge in [-0.15, -0.1) is 11.8 Å². The molecule has 1 amide bonds. The van der Waals surface area contributed by atoms with Crippen LogP contribution in [0.15, 0.2) is 0 Å². The maximum absolute atomic E-state index is 11.6. The van der Waals surface area contributed by atoms with E-state index in [9.17, 15) is 4.79 Å². The van der Waals surface area contributed by atoms with Crippen LogP contribution in [-0.4, -0.2) is 15.5 Å². The summed E-state index contributed by atoms with van der Waals surface area (Å²) in [5.74, 6) is 0.211. The topological polar surface area (TPSA) is 29.1 Å². The number of hydrogen-bond donors (Lipinski definition) is 1. The van der Waals surface area contributed by atoms with Crippen molar-refractivity contribution in [3.8, 4) is 0 Å². The molecule has 3 heteroatoms. The van der Waals surface area contributed by atoms with Gasteiger partial charge in [0, 0.05) is 0 Å². The molecule has 0 saturated carbocycles. The molecule has 1 saturated heterocycles. The van der Waals surface area contributed by atoms with Crippen molar-refractivity contribution < 1.29 is 4.79 Å². The normalized spacial score (nSPS) is 25.5. The van der Waals surface area contributed by atoms with Gasteiger partial charge in [-0.25, -0.2) is 0 Å². The van der Waals surface area contributed by atoms with Gasteiger partial charge in [0.05, 0.1) is 9.62 Å². The lowest BCUT2D eigenvalue weighted by Gasteiger charge is -2.23. The Morgan fingerprint density at radius 1 is 1.33 bits per heavy atom. The first-order valence-corrected chi connectivity index (χ1v) is 5.30. The fourth-order valence-electron chi connectivity index (χ4n) is 1.66. The number of amides is 1. The molecule has 12 heavy (non-hydrogen) atoms. The van der Waals surface area contributed by atoms with Crippen LogP contribution in [0, 0.1) is 0 Å². The van der Waals surface area contributed by atoms with Crippen molar-refractivity contribution in [3.63, 3.8) is 0 Å². The maximum atomic E-state index is 11.6. The summed E-state index contributed by atoms with van der Waals surface area (Å²) in [5.41, 5.74) is 0. The number of nitrogens with one attached hydrogen (secondary N) is 1. The van der Waals surface area contributed by atoms with Gasteiger partial charge in [-0.05, 0) is 26.7 Å². The van der Waals surface area contributed by atoms with Crippen LogP contribution in [0.2, 0.25) is 0 Å². The van der Waals surface area contributed by atoms with Crippen LogP contribution in [0.4, 0.5) is 0 Å². The van der Waals surface area contributed by atoms with Gasteiger partial charge < -0.3 is 5.32 Å². The summed E-state index contributed by atoms with van der Waals surface area (Å²) in [6.07, 6.45) is 1.84. The molecular formula is C9H17NOS. The van der Waals surface area contributed by atoms with E-state index in [-0.39, 0.29) is 15.5 Å². The van der Waals surface area contributed by atoms with Crippen LogP contribution in [-0.2, 0) is 4.79 Å². The predicted molar refractivity (Wildman–Crippen MR) is 53.1 cm³/mol. The van der Waals surface area contributed by atoms with Gasteiger partial charge in [-0.3, -0.25) is 4.79 Å². The van der Waals surface area contributed by atoms with E-state index in [4.69, 9.17) is 0 Å². The molecule has 1 aliphatic heterocycles. The van der Waals surface area contributed by atoms with Crippen molar-refractivity contribution >= 4 is 17.7 Å². The third-order valence-electron chi connectivity index (χ3n) is 2.42. The summed E-state index contributed by atoms with van der Waals surface area (Å²) in [6, 6.07) is 0. The molecule has 2 nitrogen and oxygen atoms in total. The molecular weight excluding hydrogens is 170 g/mol. The molecule has 0 aliphatic carbocycles. The fraction of sp³-hybridized carbons (Fsp3) is 0.889. The fourth-order valence-corrected chi connectivity index (χ4v) is 3.22. The second-order valence-corrected chi connectivity index (χ2v) is 5.77. The van der Waals surface area contributed by atoms with Crippen LogP contribution in [0.1, 0.15) is 40.5 Å². The second-order valence-electron chi connectivity index (χ2n) is 3.77. The molecule has 1 rings (SSSR count). The first-order chi connectivity index (χ1) is 5.46. The van der Waals surface area contributed by atoms with Crippen LogP contribution < -0.4 is 5.32 Å². The zero-order chi connectivity index (χ0) is 9.41. The van der Waals surface area contributed by atoms with Crippen molar-refractivity contribution in [3.05, 3.63) is 0 Å². The van der Waals surface area contributed by atoms with Gasteiger partial charge in [0.1, 0.15) is 0 Å². The van der Waals surface area contributed by atoms with Gasteiger partial charge in [0.25, 0.3) is 0 Å². The summed E-state index contributed by atoms with van der Waals surface area (Å²) in [7, 11) is 0. The smallest absolute Gasteiger partial charge is 0.237 e. The average Bonchev–Trinajstić information content (AvgIpc) is 2.21. The Kier molecular flexibility index (Phi) is 2.43. The van der Waals surface area contributed by atoms with E-state index in [0.717, 1.165) is 12.8 Å². The third-order valence-corrected chi connectivity index (χ3v) is 4.19. The van der Waals surface area contributed by atoms with Crippen LogP contribution >= 0.6 is 11.8 Å². The molecule has 1 aliphatic rings. The molecule has 0 bridgehead atoms. The van der Waals surface area contributed by atoms with Gasteiger partial charge in [-0.2, -0.15) is 0 Å².